The zero-order valence-electron chi connectivity index (χ0n) is 9.48. The van der Waals surface area contributed by atoms with Gasteiger partial charge in [0.15, 0.2) is 0 Å². The first kappa shape index (κ1) is 14.4. The summed E-state index contributed by atoms with van der Waals surface area (Å²) in [6, 6.07) is 0. The van der Waals surface area contributed by atoms with Crippen molar-refractivity contribution in [1.29, 1.82) is 0 Å². The van der Waals surface area contributed by atoms with Crippen LogP contribution in [0.4, 0.5) is 0 Å². The van der Waals surface area contributed by atoms with Crippen LogP contribution >= 0.6 is 0 Å². The molecular formula is C9H18O5S. The van der Waals surface area contributed by atoms with Gasteiger partial charge < -0.3 is 5.11 Å². The molecule has 0 heterocycles. The van der Waals surface area contributed by atoms with Crippen LogP contribution in [-0.4, -0.2) is 32.4 Å². The molecule has 0 aliphatic heterocycles. The van der Waals surface area contributed by atoms with Crippen molar-refractivity contribution in [2.24, 2.45) is 11.3 Å². The molecular weight excluding hydrogens is 220 g/mol. The Labute approximate surface area is 90.6 Å². The van der Waals surface area contributed by atoms with Gasteiger partial charge in [-0.05, 0) is 11.3 Å². The van der Waals surface area contributed by atoms with Crippen LogP contribution in [0.5, 0.6) is 0 Å². The summed E-state index contributed by atoms with van der Waals surface area (Å²) in [7, 11) is -3.51. The largest absolute Gasteiger partial charge is 0.481 e. The average Bonchev–Trinajstić information content (AvgIpc) is 1.93. The Hall–Kier alpha value is -0.620. The number of carbonyl (C=O) groups is 1. The minimum Gasteiger partial charge on any atom is -0.481 e. The van der Waals surface area contributed by atoms with E-state index < -0.39 is 16.1 Å². The monoisotopic (exact) mass is 238 g/mol. The molecule has 1 atom stereocenters. The van der Waals surface area contributed by atoms with Crippen LogP contribution in [-0.2, 0) is 19.1 Å². The number of hydrogen-bond donors (Lipinski definition) is 1. The normalized spacial score (nSPS) is 14.9. The van der Waals surface area contributed by atoms with Crippen molar-refractivity contribution in [2.75, 3.05) is 12.9 Å². The Balaban J connectivity index is 4.47. The van der Waals surface area contributed by atoms with Crippen molar-refractivity contribution < 1.29 is 22.5 Å². The highest BCUT2D eigenvalue weighted by atomic mass is 32.2. The molecule has 0 bridgehead atoms. The number of carboxylic acids is 1. The van der Waals surface area contributed by atoms with Crippen molar-refractivity contribution in [3.05, 3.63) is 0 Å². The molecule has 15 heavy (non-hydrogen) atoms. The van der Waals surface area contributed by atoms with E-state index >= 15 is 0 Å². The number of aliphatic carboxylic acids is 1. The zero-order chi connectivity index (χ0) is 12.3. The standard InChI is InChI=1S/C9H18O5S/c1-9(2,3)7(5-8(10)11)6-14-15(4,12)13/h7H,5-6H2,1-4H3,(H,10,11). The van der Waals surface area contributed by atoms with Crippen LogP contribution in [0.15, 0.2) is 0 Å². The van der Waals surface area contributed by atoms with Gasteiger partial charge in [-0.3, -0.25) is 8.98 Å². The second-order valence-corrected chi connectivity index (χ2v) is 6.29. The molecule has 0 aliphatic rings. The highest BCUT2D eigenvalue weighted by Gasteiger charge is 2.28. The van der Waals surface area contributed by atoms with Gasteiger partial charge >= 0.3 is 5.97 Å². The van der Waals surface area contributed by atoms with Crippen LogP contribution in [0.1, 0.15) is 27.2 Å². The van der Waals surface area contributed by atoms with E-state index in [1.165, 1.54) is 0 Å². The molecule has 5 nitrogen and oxygen atoms in total. The predicted molar refractivity (Wildman–Crippen MR) is 56.0 cm³/mol. The van der Waals surface area contributed by atoms with Crippen molar-refractivity contribution >= 4 is 16.1 Å². The number of rotatable bonds is 5. The van der Waals surface area contributed by atoms with Crippen LogP contribution in [0.3, 0.4) is 0 Å². The summed E-state index contributed by atoms with van der Waals surface area (Å²) >= 11 is 0. The average molecular weight is 238 g/mol. The van der Waals surface area contributed by atoms with E-state index in [1.54, 1.807) is 0 Å². The first-order chi connectivity index (χ1) is 6.52. The Bertz CT molecular complexity index is 312. The zero-order valence-corrected chi connectivity index (χ0v) is 10.3. The van der Waals surface area contributed by atoms with Crippen molar-refractivity contribution in [2.45, 2.75) is 27.2 Å². The summed E-state index contributed by atoms with van der Waals surface area (Å²) < 4.78 is 26.2. The third kappa shape index (κ3) is 7.33. The SMILES string of the molecule is CC(C)(C)C(COS(C)(=O)=O)CC(=O)O. The van der Waals surface area contributed by atoms with E-state index in [4.69, 9.17) is 5.11 Å². The molecule has 0 aromatic heterocycles. The van der Waals surface area contributed by atoms with Gasteiger partial charge in [-0.15, -0.1) is 0 Å². The van der Waals surface area contributed by atoms with Gasteiger partial charge in [0.2, 0.25) is 0 Å². The lowest BCUT2D eigenvalue weighted by molar-refractivity contribution is -0.139. The molecule has 0 rings (SSSR count). The molecule has 0 saturated carbocycles. The summed E-state index contributed by atoms with van der Waals surface area (Å²) in [5, 5.41) is 8.67. The van der Waals surface area contributed by atoms with Gasteiger partial charge in [-0.2, -0.15) is 8.42 Å². The van der Waals surface area contributed by atoms with E-state index in [9.17, 15) is 13.2 Å². The highest BCUT2D eigenvalue weighted by Crippen LogP contribution is 2.29. The Morgan fingerprint density at radius 3 is 2.13 bits per heavy atom. The summed E-state index contributed by atoms with van der Waals surface area (Å²) in [6.07, 6.45) is 0.854. The third-order valence-corrected chi connectivity index (χ3v) is 2.69. The number of hydrogen-bond acceptors (Lipinski definition) is 4. The van der Waals surface area contributed by atoms with Crippen molar-refractivity contribution in [3.8, 4) is 0 Å². The maximum absolute atomic E-state index is 10.8. The Morgan fingerprint density at radius 2 is 1.87 bits per heavy atom. The van der Waals surface area contributed by atoms with Gasteiger partial charge in [0.25, 0.3) is 10.1 Å². The fourth-order valence-electron chi connectivity index (χ4n) is 1.03. The van der Waals surface area contributed by atoms with Crippen LogP contribution in [0, 0.1) is 11.3 Å². The summed E-state index contributed by atoms with van der Waals surface area (Å²) in [6.45, 7) is 5.47. The maximum atomic E-state index is 10.8. The van der Waals surface area contributed by atoms with Crippen LogP contribution in [0.25, 0.3) is 0 Å². The minimum absolute atomic E-state index is 0.0887. The molecule has 0 saturated heterocycles. The molecule has 0 aromatic carbocycles. The molecule has 0 fully saturated rings. The van der Waals surface area contributed by atoms with Crippen molar-refractivity contribution in [3.63, 3.8) is 0 Å². The minimum atomic E-state index is -3.51. The first-order valence-corrected chi connectivity index (χ1v) is 6.40. The topological polar surface area (TPSA) is 80.7 Å². The molecule has 0 spiro atoms. The quantitative estimate of drug-likeness (QED) is 0.725. The third-order valence-electron chi connectivity index (χ3n) is 2.13. The van der Waals surface area contributed by atoms with Crippen molar-refractivity contribution in [1.82, 2.24) is 0 Å². The molecule has 1 N–H and O–H groups in total. The molecule has 0 amide bonds. The summed E-state index contributed by atoms with van der Waals surface area (Å²) in [5.74, 6) is -1.28. The lowest BCUT2D eigenvalue weighted by atomic mass is 9.79. The second kappa shape index (κ2) is 4.94. The van der Waals surface area contributed by atoms with Gasteiger partial charge in [0.1, 0.15) is 0 Å². The van der Waals surface area contributed by atoms with E-state index in [1.807, 2.05) is 20.8 Å². The van der Waals surface area contributed by atoms with E-state index in [0.717, 1.165) is 6.26 Å². The molecule has 0 aromatic rings. The van der Waals surface area contributed by atoms with E-state index in [0.29, 0.717) is 0 Å². The van der Waals surface area contributed by atoms with E-state index in [-0.39, 0.29) is 24.4 Å². The lowest BCUT2D eigenvalue weighted by Crippen LogP contribution is -2.28. The fourth-order valence-corrected chi connectivity index (χ4v) is 1.44. The molecule has 1 unspecified atom stereocenters. The predicted octanol–water partition coefficient (Wildman–Crippen LogP) is 1.10. The first-order valence-electron chi connectivity index (χ1n) is 4.58. The molecule has 90 valence electrons. The molecule has 0 radical (unpaired) electrons. The van der Waals surface area contributed by atoms with Gasteiger partial charge in [-0.1, -0.05) is 20.8 Å². The fraction of sp³-hybridized carbons (Fsp3) is 0.889. The maximum Gasteiger partial charge on any atom is 0.303 e. The van der Waals surface area contributed by atoms with E-state index in [2.05, 4.69) is 4.18 Å². The molecule has 0 aliphatic carbocycles. The highest BCUT2D eigenvalue weighted by molar-refractivity contribution is 7.85. The van der Waals surface area contributed by atoms with Gasteiger partial charge in [0, 0.05) is 0 Å². The summed E-state index contributed by atoms with van der Waals surface area (Å²) in [5.41, 5.74) is -0.302. The van der Waals surface area contributed by atoms with Gasteiger partial charge in [-0.25, -0.2) is 0 Å². The number of carboxylic acid groups (broad SMARTS) is 1. The van der Waals surface area contributed by atoms with Gasteiger partial charge in [0.05, 0.1) is 19.3 Å². The smallest absolute Gasteiger partial charge is 0.303 e. The molecule has 6 heteroatoms. The summed E-state index contributed by atoms with van der Waals surface area (Å²) in [4.78, 5) is 10.6. The van der Waals surface area contributed by atoms with Crippen LogP contribution in [0.2, 0.25) is 0 Å². The Morgan fingerprint density at radius 1 is 1.40 bits per heavy atom. The second-order valence-electron chi connectivity index (χ2n) is 4.65. The lowest BCUT2D eigenvalue weighted by Gasteiger charge is -2.28. The van der Waals surface area contributed by atoms with Crippen LogP contribution < -0.4 is 0 Å². The Kier molecular flexibility index (Phi) is 4.73.